The summed E-state index contributed by atoms with van der Waals surface area (Å²) in [6, 6.07) is 7.33. The molecule has 0 spiro atoms. The molecule has 0 aliphatic carbocycles. The molecule has 0 radical (unpaired) electrons. The second-order valence-corrected chi connectivity index (χ2v) is 4.90. The number of benzene rings is 1. The zero-order valence-corrected chi connectivity index (χ0v) is 11.3. The van der Waals surface area contributed by atoms with E-state index < -0.39 is 5.60 Å². The van der Waals surface area contributed by atoms with E-state index >= 15 is 0 Å². The summed E-state index contributed by atoms with van der Waals surface area (Å²) in [5.74, 6) is -0.137. The predicted molar refractivity (Wildman–Crippen MR) is 69.1 cm³/mol. The fraction of sp³-hybridized carbons (Fsp3) is 0.462. The van der Waals surface area contributed by atoms with E-state index in [-0.39, 0.29) is 11.9 Å². The summed E-state index contributed by atoms with van der Waals surface area (Å²) in [6.45, 7) is 5.39. The largest absolute Gasteiger partial charge is 0.369 e. The van der Waals surface area contributed by atoms with Gasteiger partial charge in [0.15, 0.2) is 0 Å². The van der Waals surface area contributed by atoms with E-state index in [4.69, 9.17) is 16.3 Å². The minimum atomic E-state index is -0.819. The van der Waals surface area contributed by atoms with Gasteiger partial charge in [-0.15, -0.1) is 0 Å². The summed E-state index contributed by atoms with van der Waals surface area (Å²) in [6.07, 6.45) is 0. The molecule has 1 rings (SSSR count). The van der Waals surface area contributed by atoms with E-state index in [0.29, 0.717) is 5.02 Å². The number of ether oxygens (including phenoxy) is 1. The minimum absolute atomic E-state index is 0.0748. The van der Waals surface area contributed by atoms with E-state index in [9.17, 15) is 4.79 Å². The lowest BCUT2D eigenvalue weighted by atomic mass is 10.1. The molecule has 94 valence electrons. The van der Waals surface area contributed by atoms with Crippen molar-refractivity contribution in [3.05, 3.63) is 34.9 Å². The Balaban J connectivity index is 2.70. The molecule has 0 aliphatic heterocycles. The number of nitrogens with one attached hydrogen (secondary N) is 1. The van der Waals surface area contributed by atoms with Gasteiger partial charge in [0.2, 0.25) is 0 Å². The number of methoxy groups -OCH3 is 1. The summed E-state index contributed by atoms with van der Waals surface area (Å²) in [7, 11) is 1.52. The molecule has 1 amide bonds. The zero-order chi connectivity index (χ0) is 13.1. The molecule has 17 heavy (non-hydrogen) atoms. The molecule has 1 aromatic carbocycles. The molecule has 3 nitrogen and oxygen atoms in total. The first-order valence-corrected chi connectivity index (χ1v) is 5.86. The Morgan fingerprint density at radius 2 is 1.88 bits per heavy atom. The SMILES string of the molecule is COC(C)(C)C(=O)N[C@H](C)c1ccc(Cl)cc1. The van der Waals surface area contributed by atoms with Crippen molar-refractivity contribution in [2.75, 3.05) is 7.11 Å². The molecule has 0 fully saturated rings. The van der Waals surface area contributed by atoms with E-state index in [1.807, 2.05) is 19.1 Å². The maximum absolute atomic E-state index is 11.9. The topological polar surface area (TPSA) is 38.3 Å². The standard InChI is InChI=1S/C13H18ClNO2/c1-9(10-5-7-11(14)8-6-10)15-12(16)13(2,3)17-4/h5-9H,1-4H3,(H,15,16)/t9-/m1/s1. The predicted octanol–water partition coefficient (Wildman–Crippen LogP) is 2.94. The Hall–Kier alpha value is -1.06. The molecule has 0 unspecified atom stereocenters. The van der Waals surface area contributed by atoms with Gasteiger partial charge in [-0.05, 0) is 38.5 Å². The van der Waals surface area contributed by atoms with Crippen LogP contribution in [0.5, 0.6) is 0 Å². The van der Waals surface area contributed by atoms with E-state index in [0.717, 1.165) is 5.56 Å². The molecule has 1 aromatic rings. The second-order valence-electron chi connectivity index (χ2n) is 4.46. The van der Waals surface area contributed by atoms with Crippen molar-refractivity contribution in [3.8, 4) is 0 Å². The summed E-state index contributed by atoms with van der Waals surface area (Å²) < 4.78 is 5.12. The van der Waals surface area contributed by atoms with Crippen LogP contribution in [0.4, 0.5) is 0 Å². The van der Waals surface area contributed by atoms with Crippen LogP contribution in [0.3, 0.4) is 0 Å². The average Bonchev–Trinajstić information content (AvgIpc) is 2.29. The van der Waals surface area contributed by atoms with Crippen molar-refractivity contribution in [2.24, 2.45) is 0 Å². The normalized spacial score (nSPS) is 13.2. The average molecular weight is 256 g/mol. The van der Waals surface area contributed by atoms with Crippen molar-refractivity contribution >= 4 is 17.5 Å². The minimum Gasteiger partial charge on any atom is -0.369 e. The van der Waals surface area contributed by atoms with Gasteiger partial charge in [0.25, 0.3) is 5.91 Å². The molecule has 1 N–H and O–H groups in total. The maximum Gasteiger partial charge on any atom is 0.252 e. The van der Waals surface area contributed by atoms with Crippen molar-refractivity contribution in [3.63, 3.8) is 0 Å². The lowest BCUT2D eigenvalue weighted by Crippen LogP contribution is -2.44. The van der Waals surface area contributed by atoms with Gasteiger partial charge < -0.3 is 10.1 Å². The first kappa shape index (κ1) is 14.0. The highest BCUT2D eigenvalue weighted by Crippen LogP contribution is 2.17. The van der Waals surface area contributed by atoms with Crippen molar-refractivity contribution in [1.82, 2.24) is 5.32 Å². The number of carbonyl (C=O) groups is 1. The van der Waals surface area contributed by atoms with Crippen LogP contribution in [-0.2, 0) is 9.53 Å². The molecule has 1 atom stereocenters. The Kier molecular flexibility index (Phi) is 4.54. The van der Waals surface area contributed by atoms with E-state index in [1.54, 1.807) is 26.0 Å². The fourth-order valence-corrected chi connectivity index (χ4v) is 1.42. The number of halogens is 1. The van der Waals surface area contributed by atoms with Gasteiger partial charge >= 0.3 is 0 Å². The molecule has 0 saturated carbocycles. The number of hydrogen-bond acceptors (Lipinski definition) is 2. The number of amides is 1. The molecular weight excluding hydrogens is 238 g/mol. The van der Waals surface area contributed by atoms with Crippen molar-refractivity contribution in [1.29, 1.82) is 0 Å². The summed E-state index contributed by atoms with van der Waals surface area (Å²) >= 11 is 5.81. The van der Waals surface area contributed by atoms with Crippen molar-refractivity contribution < 1.29 is 9.53 Å². The van der Waals surface area contributed by atoms with E-state index in [1.165, 1.54) is 7.11 Å². The van der Waals surface area contributed by atoms with Crippen LogP contribution in [0.2, 0.25) is 5.02 Å². The van der Waals surface area contributed by atoms with Crippen LogP contribution < -0.4 is 5.32 Å². The van der Waals surface area contributed by atoms with Gasteiger partial charge in [-0.2, -0.15) is 0 Å². The van der Waals surface area contributed by atoms with Crippen molar-refractivity contribution in [2.45, 2.75) is 32.4 Å². The van der Waals surface area contributed by atoms with Gasteiger partial charge in [0.1, 0.15) is 5.60 Å². The first-order valence-electron chi connectivity index (χ1n) is 5.48. The van der Waals surface area contributed by atoms with Crippen LogP contribution in [0.1, 0.15) is 32.4 Å². The third kappa shape index (κ3) is 3.72. The third-order valence-electron chi connectivity index (χ3n) is 2.77. The van der Waals surface area contributed by atoms with Crippen LogP contribution in [0.15, 0.2) is 24.3 Å². The molecular formula is C13H18ClNO2. The number of hydrogen-bond donors (Lipinski definition) is 1. The summed E-state index contributed by atoms with van der Waals surface area (Å²) in [5.41, 5.74) is 0.190. The maximum atomic E-state index is 11.9. The Morgan fingerprint density at radius 3 is 2.35 bits per heavy atom. The summed E-state index contributed by atoms with van der Waals surface area (Å²) in [4.78, 5) is 11.9. The molecule has 0 bridgehead atoms. The molecule has 0 aliphatic rings. The van der Waals surface area contributed by atoms with Crippen LogP contribution >= 0.6 is 11.6 Å². The van der Waals surface area contributed by atoms with Crippen LogP contribution in [-0.4, -0.2) is 18.6 Å². The van der Waals surface area contributed by atoms with Crippen LogP contribution in [0.25, 0.3) is 0 Å². The highest BCUT2D eigenvalue weighted by Gasteiger charge is 2.28. The monoisotopic (exact) mass is 255 g/mol. The smallest absolute Gasteiger partial charge is 0.252 e. The van der Waals surface area contributed by atoms with Gasteiger partial charge in [-0.1, -0.05) is 23.7 Å². The Labute approximate surface area is 107 Å². The van der Waals surface area contributed by atoms with Gasteiger partial charge in [0.05, 0.1) is 6.04 Å². The third-order valence-corrected chi connectivity index (χ3v) is 3.03. The molecule has 0 heterocycles. The Morgan fingerprint density at radius 1 is 1.35 bits per heavy atom. The second kappa shape index (κ2) is 5.52. The highest BCUT2D eigenvalue weighted by atomic mass is 35.5. The zero-order valence-electron chi connectivity index (χ0n) is 10.6. The van der Waals surface area contributed by atoms with Gasteiger partial charge in [-0.3, -0.25) is 4.79 Å². The molecule has 0 aromatic heterocycles. The lowest BCUT2D eigenvalue weighted by Gasteiger charge is -2.24. The van der Waals surface area contributed by atoms with Crippen LogP contribution in [0, 0.1) is 0 Å². The lowest BCUT2D eigenvalue weighted by molar-refractivity contribution is -0.140. The quantitative estimate of drug-likeness (QED) is 0.898. The number of carbonyl (C=O) groups excluding carboxylic acids is 1. The van der Waals surface area contributed by atoms with Gasteiger partial charge in [-0.25, -0.2) is 0 Å². The van der Waals surface area contributed by atoms with Gasteiger partial charge in [0, 0.05) is 12.1 Å². The first-order chi connectivity index (χ1) is 7.86. The molecule has 0 saturated heterocycles. The van der Waals surface area contributed by atoms with E-state index in [2.05, 4.69) is 5.32 Å². The highest BCUT2D eigenvalue weighted by molar-refractivity contribution is 6.30. The molecule has 4 heteroatoms. The Bertz CT molecular complexity index is 387. The number of rotatable bonds is 4. The summed E-state index contributed by atoms with van der Waals surface area (Å²) in [5, 5.41) is 3.58. The fourth-order valence-electron chi connectivity index (χ4n) is 1.30.